The lowest BCUT2D eigenvalue weighted by Crippen LogP contribution is -2.34. The van der Waals surface area contributed by atoms with E-state index in [0.717, 1.165) is 6.42 Å². The van der Waals surface area contributed by atoms with Crippen LogP contribution < -0.4 is 0 Å². The molecule has 2 heteroatoms. The number of aryl methyl sites for hydroxylation is 1. The van der Waals surface area contributed by atoms with Crippen molar-refractivity contribution in [1.29, 1.82) is 0 Å². The minimum Gasteiger partial charge on any atom is -0.395 e. The van der Waals surface area contributed by atoms with Crippen LogP contribution in [0.5, 0.6) is 0 Å². The third kappa shape index (κ3) is 3.19. The van der Waals surface area contributed by atoms with Gasteiger partial charge in [-0.3, -0.25) is 0 Å². The lowest BCUT2D eigenvalue weighted by Gasteiger charge is -2.29. The maximum absolute atomic E-state index is 10.00. The molecule has 0 fully saturated rings. The van der Waals surface area contributed by atoms with Crippen molar-refractivity contribution in [1.82, 2.24) is 0 Å². The number of hydrogen-bond donors (Lipinski definition) is 2. The Bertz CT molecular complexity index is 321. The summed E-state index contributed by atoms with van der Waals surface area (Å²) in [5.74, 6) is 0. The highest BCUT2D eigenvalue weighted by atomic mass is 16.3. The summed E-state index contributed by atoms with van der Waals surface area (Å²) in [5, 5.41) is 19.2. The number of rotatable bonds is 6. The van der Waals surface area contributed by atoms with Crippen molar-refractivity contribution in [2.75, 3.05) is 6.61 Å². The molecule has 0 aliphatic rings. The van der Waals surface area contributed by atoms with Crippen LogP contribution >= 0.6 is 0 Å². The topological polar surface area (TPSA) is 40.5 Å². The molecule has 0 spiro atoms. The van der Waals surface area contributed by atoms with E-state index in [0.29, 0.717) is 6.42 Å². The summed E-state index contributed by atoms with van der Waals surface area (Å²) in [6.07, 6.45) is 2.51. The van der Waals surface area contributed by atoms with Gasteiger partial charge >= 0.3 is 0 Å². The molecule has 0 unspecified atom stereocenters. The SMILES string of the molecule is C=C[C@](C)(CO)[C@H](O)CCc1ccccc1. The van der Waals surface area contributed by atoms with Crippen molar-refractivity contribution in [3.63, 3.8) is 0 Å². The Hall–Kier alpha value is -1.12. The average molecular weight is 220 g/mol. The Morgan fingerprint density at radius 3 is 2.50 bits per heavy atom. The van der Waals surface area contributed by atoms with Crippen LogP contribution in [0, 0.1) is 5.41 Å². The minimum atomic E-state index is -0.602. The first-order valence-corrected chi connectivity index (χ1v) is 5.59. The predicted molar refractivity (Wildman–Crippen MR) is 66.2 cm³/mol. The second kappa shape index (κ2) is 5.83. The summed E-state index contributed by atoms with van der Waals surface area (Å²) >= 11 is 0. The van der Waals surface area contributed by atoms with Crippen molar-refractivity contribution >= 4 is 0 Å². The zero-order valence-electron chi connectivity index (χ0n) is 9.76. The number of aliphatic hydroxyl groups is 2. The van der Waals surface area contributed by atoms with E-state index in [1.807, 2.05) is 37.3 Å². The summed E-state index contributed by atoms with van der Waals surface area (Å²) in [6.45, 7) is 5.40. The normalized spacial score (nSPS) is 16.4. The van der Waals surface area contributed by atoms with Gasteiger partial charge in [0.15, 0.2) is 0 Å². The van der Waals surface area contributed by atoms with Gasteiger partial charge in [-0.1, -0.05) is 43.3 Å². The fraction of sp³-hybridized carbons (Fsp3) is 0.429. The molecule has 0 aliphatic heterocycles. The Labute approximate surface area is 97.2 Å². The average Bonchev–Trinajstić information content (AvgIpc) is 2.36. The Kier molecular flexibility index (Phi) is 4.71. The quantitative estimate of drug-likeness (QED) is 0.721. The lowest BCUT2D eigenvalue weighted by molar-refractivity contribution is 0.0229. The standard InChI is InChI=1S/C14H20O2/c1-3-14(2,11-15)13(16)10-9-12-7-5-4-6-8-12/h3-8,13,15-16H,1,9-11H2,2H3/t13-,14-/m1/s1. The third-order valence-electron chi connectivity index (χ3n) is 3.12. The van der Waals surface area contributed by atoms with Gasteiger partial charge in [0, 0.05) is 5.41 Å². The number of hydrogen-bond acceptors (Lipinski definition) is 2. The van der Waals surface area contributed by atoms with Crippen LogP contribution in [0.15, 0.2) is 43.0 Å². The highest BCUT2D eigenvalue weighted by molar-refractivity contribution is 5.15. The summed E-state index contributed by atoms with van der Waals surface area (Å²) in [6, 6.07) is 10.0. The van der Waals surface area contributed by atoms with Crippen LogP contribution in [-0.4, -0.2) is 22.9 Å². The second-order valence-corrected chi connectivity index (χ2v) is 4.41. The molecule has 0 radical (unpaired) electrons. The molecule has 0 saturated carbocycles. The van der Waals surface area contributed by atoms with Gasteiger partial charge in [-0.15, -0.1) is 6.58 Å². The second-order valence-electron chi connectivity index (χ2n) is 4.41. The summed E-state index contributed by atoms with van der Waals surface area (Å²) in [7, 11) is 0. The van der Waals surface area contributed by atoms with E-state index in [2.05, 4.69) is 6.58 Å². The molecule has 0 saturated heterocycles. The molecule has 0 amide bonds. The largest absolute Gasteiger partial charge is 0.395 e. The van der Waals surface area contributed by atoms with Gasteiger partial charge < -0.3 is 10.2 Å². The van der Waals surface area contributed by atoms with E-state index in [-0.39, 0.29) is 6.61 Å². The zero-order chi connectivity index (χ0) is 12.0. The van der Waals surface area contributed by atoms with Crippen LogP contribution in [0.3, 0.4) is 0 Å². The maximum atomic E-state index is 10.00. The van der Waals surface area contributed by atoms with Gasteiger partial charge in [0.1, 0.15) is 0 Å². The van der Waals surface area contributed by atoms with E-state index in [1.54, 1.807) is 6.08 Å². The molecule has 1 aromatic carbocycles. The Morgan fingerprint density at radius 2 is 2.00 bits per heavy atom. The maximum Gasteiger partial charge on any atom is 0.0653 e. The van der Waals surface area contributed by atoms with E-state index in [9.17, 15) is 10.2 Å². The molecule has 0 bridgehead atoms. The van der Waals surface area contributed by atoms with Gasteiger partial charge in [0.2, 0.25) is 0 Å². The molecular weight excluding hydrogens is 200 g/mol. The van der Waals surface area contributed by atoms with Crippen LogP contribution in [0.2, 0.25) is 0 Å². The van der Waals surface area contributed by atoms with E-state index < -0.39 is 11.5 Å². The molecule has 0 heterocycles. The fourth-order valence-electron chi connectivity index (χ4n) is 1.58. The Morgan fingerprint density at radius 1 is 1.38 bits per heavy atom. The smallest absolute Gasteiger partial charge is 0.0653 e. The molecule has 2 N–H and O–H groups in total. The van der Waals surface area contributed by atoms with Gasteiger partial charge in [-0.05, 0) is 18.4 Å². The first kappa shape index (κ1) is 12.9. The monoisotopic (exact) mass is 220 g/mol. The third-order valence-corrected chi connectivity index (χ3v) is 3.12. The van der Waals surface area contributed by atoms with Gasteiger partial charge in [-0.2, -0.15) is 0 Å². The highest BCUT2D eigenvalue weighted by Gasteiger charge is 2.28. The van der Waals surface area contributed by atoms with Crippen molar-refractivity contribution in [2.45, 2.75) is 25.9 Å². The van der Waals surface area contributed by atoms with Crippen molar-refractivity contribution < 1.29 is 10.2 Å². The molecule has 0 aliphatic carbocycles. The summed E-state index contributed by atoms with van der Waals surface area (Å²) < 4.78 is 0. The molecule has 16 heavy (non-hydrogen) atoms. The molecule has 2 nitrogen and oxygen atoms in total. The first-order chi connectivity index (χ1) is 7.62. The minimum absolute atomic E-state index is 0.0769. The van der Waals surface area contributed by atoms with Gasteiger partial charge in [0.25, 0.3) is 0 Å². The fourth-order valence-corrected chi connectivity index (χ4v) is 1.58. The van der Waals surface area contributed by atoms with E-state index >= 15 is 0 Å². The molecule has 1 rings (SSSR count). The highest BCUT2D eigenvalue weighted by Crippen LogP contribution is 2.25. The number of aliphatic hydroxyl groups excluding tert-OH is 2. The van der Waals surface area contributed by atoms with Crippen LogP contribution in [-0.2, 0) is 6.42 Å². The van der Waals surface area contributed by atoms with E-state index in [4.69, 9.17) is 0 Å². The lowest BCUT2D eigenvalue weighted by atomic mass is 9.82. The van der Waals surface area contributed by atoms with Crippen LogP contribution in [0.1, 0.15) is 18.9 Å². The van der Waals surface area contributed by atoms with Crippen LogP contribution in [0.4, 0.5) is 0 Å². The number of benzene rings is 1. The molecule has 1 aromatic rings. The zero-order valence-corrected chi connectivity index (χ0v) is 9.76. The molecular formula is C14H20O2. The van der Waals surface area contributed by atoms with E-state index in [1.165, 1.54) is 5.56 Å². The van der Waals surface area contributed by atoms with Crippen molar-refractivity contribution in [3.05, 3.63) is 48.6 Å². The summed E-state index contributed by atoms with van der Waals surface area (Å²) in [5.41, 5.74) is 0.598. The van der Waals surface area contributed by atoms with Crippen molar-refractivity contribution in [2.24, 2.45) is 5.41 Å². The van der Waals surface area contributed by atoms with Gasteiger partial charge in [0.05, 0.1) is 12.7 Å². The summed E-state index contributed by atoms with van der Waals surface area (Å²) in [4.78, 5) is 0. The van der Waals surface area contributed by atoms with Crippen LogP contribution in [0.25, 0.3) is 0 Å². The molecule has 2 atom stereocenters. The Balaban J connectivity index is 2.52. The first-order valence-electron chi connectivity index (χ1n) is 5.59. The van der Waals surface area contributed by atoms with Gasteiger partial charge in [-0.25, -0.2) is 0 Å². The van der Waals surface area contributed by atoms with Crippen molar-refractivity contribution in [3.8, 4) is 0 Å². The molecule has 88 valence electrons. The predicted octanol–water partition coefficient (Wildman–Crippen LogP) is 2.16. The molecule has 0 aromatic heterocycles.